The van der Waals surface area contributed by atoms with Crippen LogP contribution in [0, 0.1) is 0 Å². The van der Waals surface area contributed by atoms with Gasteiger partial charge in [0.25, 0.3) is 0 Å². The normalized spacial score (nSPS) is 23.7. The Balaban J connectivity index is 2.02. The van der Waals surface area contributed by atoms with E-state index in [-0.39, 0.29) is 34.1 Å². The van der Waals surface area contributed by atoms with Crippen LogP contribution in [-0.4, -0.2) is 74.7 Å². The van der Waals surface area contributed by atoms with Crippen molar-refractivity contribution in [2.24, 2.45) is 0 Å². The van der Waals surface area contributed by atoms with E-state index in [2.05, 4.69) is 0 Å². The van der Waals surface area contributed by atoms with Gasteiger partial charge in [-0.25, -0.2) is 0 Å². The molecule has 2 aromatic rings. The summed E-state index contributed by atoms with van der Waals surface area (Å²) in [5.41, 5.74) is -0.498. The molecule has 0 unspecified atom stereocenters. The summed E-state index contributed by atoms with van der Waals surface area (Å²) in [6.07, 6.45) is -5.51. The summed E-state index contributed by atoms with van der Waals surface area (Å²) in [7, 11) is 1.32. The van der Waals surface area contributed by atoms with E-state index in [1.54, 1.807) is 0 Å². The molecule has 4 atom stereocenters. The van der Waals surface area contributed by atoms with Gasteiger partial charge in [-0.2, -0.15) is 0 Å². The largest absolute Gasteiger partial charge is 0.508 e. The average molecular weight is 408 g/mol. The number of ketones is 1. The molecule has 10 nitrogen and oxygen atoms in total. The van der Waals surface area contributed by atoms with Gasteiger partial charge >= 0.3 is 0 Å². The van der Waals surface area contributed by atoms with Crippen LogP contribution in [0.1, 0.15) is 15.9 Å². The predicted octanol–water partition coefficient (Wildman–Crippen LogP) is -0.139. The minimum absolute atomic E-state index is 0.125. The van der Waals surface area contributed by atoms with Crippen LogP contribution >= 0.6 is 0 Å². The van der Waals surface area contributed by atoms with E-state index in [4.69, 9.17) is 14.2 Å². The van der Waals surface area contributed by atoms with Crippen molar-refractivity contribution in [3.05, 3.63) is 41.5 Å². The molecule has 0 saturated carbocycles. The fourth-order valence-corrected chi connectivity index (χ4v) is 2.97. The van der Waals surface area contributed by atoms with Crippen LogP contribution in [0.15, 0.2) is 30.3 Å². The number of aliphatic hydroxyl groups is 3. The van der Waals surface area contributed by atoms with Crippen molar-refractivity contribution in [1.29, 1.82) is 0 Å². The first-order valence-electron chi connectivity index (χ1n) is 8.53. The lowest BCUT2D eigenvalue weighted by atomic mass is 10.0. The summed E-state index contributed by atoms with van der Waals surface area (Å²) in [5, 5.41) is 58.8. The number of benzene rings is 2. The van der Waals surface area contributed by atoms with Gasteiger partial charge < -0.3 is 44.8 Å². The highest BCUT2D eigenvalue weighted by atomic mass is 16.7. The lowest BCUT2D eigenvalue weighted by Crippen LogP contribution is -2.35. The molecule has 10 heteroatoms. The Kier molecular flexibility index (Phi) is 5.80. The molecule has 3 rings (SSSR count). The first-order valence-corrected chi connectivity index (χ1v) is 8.53. The number of phenolic OH excluding ortho intramolecular Hbond substituents is 3. The van der Waals surface area contributed by atoms with Gasteiger partial charge in [-0.15, -0.1) is 0 Å². The predicted molar refractivity (Wildman–Crippen MR) is 96.3 cm³/mol. The highest BCUT2D eigenvalue weighted by Gasteiger charge is 2.44. The molecule has 0 amide bonds. The Morgan fingerprint density at radius 3 is 2.24 bits per heavy atom. The molecule has 1 aliphatic rings. The van der Waals surface area contributed by atoms with Crippen LogP contribution < -0.4 is 9.47 Å². The molecule has 1 saturated heterocycles. The minimum atomic E-state index is -1.53. The van der Waals surface area contributed by atoms with Crippen molar-refractivity contribution in [3.63, 3.8) is 0 Å². The fraction of sp³-hybridized carbons (Fsp3) is 0.316. The third kappa shape index (κ3) is 4.05. The topological polar surface area (TPSA) is 166 Å². The van der Waals surface area contributed by atoms with E-state index < -0.39 is 42.7 Å². The molecule has 2 aromatic carbocycles. The second-order valence-electron chi connectivity index (χ2n) is 6.41. The van der Waals surface area contributed by atoms with Crippen LogP contribution in [0.2, 0.25) is 0 Å². The molecule has 156 valence electrons. The Hall–Kier alpha value is -3.05. The maximum atomic E-state index is 12.9. The number of ether oxygens (including phenoxy) is 3. The summed E-state index contributed by atoms with van der Waals surface area (Å²) in [5.74, 6) is -2.19. The van der Waals surface area contributed by atoms with Crippen molar-refractivity contribution < 1.29 is 49.6 Å². The van der Waals surface area contributed by atoms with Crippen molar-refractivity contribution in [3.8, 4) is 28.7 Å². The van der Waals surface area contributed by atoms with E-state index in [0.717, 1.165) is 24.3 Å². The zero-order chi connectivity index (χ0) is 21.3. The standard InChI is InChI=1S/C19H20O10/c1-27-11-5-12(23)15(16(24)8-2-9(21)4-10(22)3-8)13(6-11)28-19-18(26)17(25)14(7-20)29-19/h2-6,14,17-23,25-26H,7H2,1H3/t14-,17-,18+,19-/m0/s1. The molecule has 0 bridgehead atoms. The maximum Gasteiger partial charge on any atom is 0.229 e. The highest BCUT2D eigenvalue weighted by Crippen LogP contribution is 2.38. The third-order valence-corrected chi connectivity index (χ3v) is 4.42. The summed E-state index contributed by atoms with van der Waals surface area (Å²) < 4.78 is 15.8. The maximum absolute atomic E-state index is 12.9. The van der Waals surface area contributed by atoms with E-state index in [1.165, 1.54) is 13.2 Å². The first kappa shape index (κ1) is 20.7. The van der Waals surface area contributed by atoms with Crippen LogP contribution in [0.4, 0.5) is 0 Å². The molecular formula is C19H20O10. The molecule has 29 heavy (non-hydrogen) atoms. The number of hydrogen-bond acceptors (Lipinski definition) is 10. The van der Waals surface area contributed by atoms with Gasteiger partial charge in [-0.05, 0) is 12.1 Å². The lowest BCUT2D eigenvalue weighted by molar-refractivity contribution is -0.116. The number of phenols is 3. The molecule has 6 N–H and O–H groups in total. The SMILES string of the molecule is COc1cc(O)c(C(=O)c2cc(O)cc(O)c2)c(O[C@H]2O[C@@H](CO)[C@H](O)[C@H]2O)c1. The number of aliphatic hydroxyl groups excluding tert-OH is 3. The van der Waals surface area contributed by atoms with Crippen molar-refractivity contribution in [2.45, 2.75) is 24.6 Å². The third-order valence-electron chi connectivity index (χ3n) is 4.42. The van der Waals surface area contributed by atoms with Crippen molar-refractivity contribution >= 4 is 5.78 Å². The highest BCUT2D eigenvalue weighted by molar-refractivity contribution is 6.13. The summed E-state index contributed by atoms with van der Waals surface area (Å²) in [6, 6.07) is 5.61. The van der Waals surface area contributed by atoms with Crippen LogP contribution in [0.5, 0.6) is 28.7 Å². The van der Waals surface area contributed by atoms with E-state index in [9.17, 15) is 35.4 Å². The fourth-order valence-electron chi connectivity index (χ4n) is 2.97. The molecule has 0 aliphatic carbocycles. The van der Waals surface area contributed by atoms with Gasteiger partial charge in [-0.1, -0.05) is 0 Å². The molecule has 0 aromatic heterocycles. The number of carbonyl (C=O) groups excluding carboxylic acids is 1. The molecular weight excluding hydrogens is 388 g/mol. The molecule has 1 heterocycles. The number of hydrogen-bond donors (Lipinski definition) is 6. The second kappa shape index (κ2) is 8.13. The minimum Gasteiger partial charge on any atom is -0.508 e. The van der Waals surface area contributed by atoms with Crippen LogP contribution in [0.25, 0.3) is 0 Å². The van der Waals surface area contributed by atoms with Crippen LogP contribution in [0.3, 0.4) is 0 Å². The smallest absolute Gasteiger partial charge is 0.229 e. The summed E-state index contributed by atoms with van der Waals surface area (Å²) in [4.78, 5) is 12.9. The van der Waals surface area contributed by atoms with Gasteiger partial charge in [-0.3, -0.25) is 4.79 Å². The second-order valence-corrected chi connectivity index (χ2v) is 6.41. The molecule has 0 spiro atoms. The number of carbonyl (C=O) groups is 1. The Morgan fingerprint density at radius 2 is 1.69 bits per heavy atom. The first-order chi connectivity index (χ1) is 13.7. The number of aromatic hydroxyl groups is 3. The van der Waals surface area contributed by atoms with Gasteiger partial charge in [0.1, 0.15) is 52.6 Å². The number of methoxy groups -OCH3 is 1. The Labute approximate surface area is 164 Å². The van der Waals surface area contributed by atoms with Crippen molar-refractivity contribution in [1.82, 2.24) is 0 Å². The van der Waals surface area contributed by atoms with Gasteiger partial charge in [0.15, 0.2) is 0 Å². The van der Waals surface area contributed by atoms with Gasteiger partial charge in [0.05, 0.1) is 13.7 Å². The average Bonchev–Trinajstić information content (AvgIpc) is 2.94. The zero-order valence-corrected chi connectivity index (χ0v) is 15.2. The molecule has 1 aliphatic heterocycles. The van der Waals surface area contributed by atoms with Crippen LogP contribution in [-0.2, 0) is 4.74 Å². The zero-order valence-electron chi connectivity index (χ0n) is 15.2. The summed E-state index contributed by atoms with van der Waals surface area (Å²) in [6.45, 7) is -0.574. The van der Waals surface area contributed by atoms with Crippen molar-refractivity contribution in [2.75, 3.05) is 13.7 Å². The molecule has 0 radical (unpaired) electrons. The lowest BCUT2D eigenvalue weighted by Gasteiger charge is -2.20. The van der Waals surface area contributed by atoms with Gasteiger partial charge in [0, 0.05) is 23.8 Å². The molecule has 1 fully saturated rings. The Bertz CT molecular complexity index is 892. The monoisotopic (exact) mass is 408 g/mol. The Morgan fingerprint density at radius 1 is 1.03 bits per heavy atom. The van der Waals surface area contributed by atoms with Gasteiger partial charge in [0.2, 0.25) is 12.1 Å². The quantitative estimate of drug-likeness (QED) is 0.354. The van der Waals surface area contributed by atoms with E-state index >= 15 is 0 Å². The van der Waals surface area contributed by atoms with E-state index in [0.29, 0.717) is 0 Å². The summed E-state index contributed by atoms with van der Waals surface area (Å²) >= 11 is 0. The van der Waals surface area contributed by atoms with E-state index in [1.807, 2.05) is 0 Å². The number of rotatable bonds is 6.